The van der Waals surface area contributed by atoms with Crippen LogP contribution in [-0.2, 0) is 4.79 Å². The highest BCUT2D eigenvalue weighted by Gasteiger charge is 2.28. The van der Waals surface area contributed by atoms with Crippen molar-refractivity contribution in [1.82, 2.24) is 5.32 Å². The number of ether oxygens (including phenoxy) is 1. The molecule has 5 heteroatoms. The number of rotatable bonds is 5. The molecule has 2 atom stereocenters. The van der Waals surface area contributed by atoms with Crippen LogP contribution in [0.2, 0.25) is 0 Å². The summed E-state index contributed by atoms with van der Waals surface area (Å²) in [5, 5.41) is 3.00. The summed E-state index contributed by atoms with van der Waals surface area (Å²) in [6.07, 6.45) is 2.52. The van der Waals surface area contributed by atoms with Crippen molar-refractivity contribution in [2.24, 2.45) is 5.73 Å². The summed E-state index contributed by atoms with van der Waals surface area (Å²) in [4.78, 5) is 12.1. The molecule has 1 aliphatic heterocycles. The van der Waals surface area contributed by atoms with Crippen LogP contribution >= 0.6 is 12.4 Å². The lowest BCUT2D eigenvalue weighted by atomic mass is 9.92. The van der Waals surface area contributed by atoms with Crippen LogP contribution in [0, 0.1) is 0 Å². The quantitative estimate of drug-likeness (QED) is 0.878. The predicted molar refractivity (Wildman–Crippen MR) is 87.1 cm³/mol. The van der Waals surface area contributed by atoms with Gasteiger partial charge in [-0.1, -0.05) is 31.5 Å². The van der Waals surface area contributed by atoms with Crippen molar-refractivity contribution < 1.29 is 9.53 Å². The summed E-state index contributed by atoms with van der Waals surface area (Å²) in [5.74, 6) is 1.17. The van der Waals surface area contributed by atoms with Crippen LogP contribution < -0.4 is 15.8 Å². The lowest BCUT2D eigenvalue weighted by Gasteiger charge is -2.28. The van der Waals surface area contributed by atoms with Gasteiger partial charge in [0.2, 0.25) is 5.91 Å². The molecule has 1 heterocycles. The van der Waals surface area contributed by atoms with Crippen LogP contribution in [0.4, 0.5) is 0 Å². The van der Waals surface area contributed by atoms with Crippen molar-refractivity contribution in [2.75, 3.05) is 13.2 Å². The average Bonchev–Trinajstić information content (AvgIpc) is 2.44. The molecular formula is C16H25ClN2O2. The molecule has 2 rings (SSSR count). The molecule has 0 saturated carbocycles. The van der Waals surface area contributed by atoms with Crippen LogP contribution in [0.1, 0.15) is 44.6 Å². The van der Waals surface area contributed by atoms with E-state index in [9.17, 15) is 4.79 Å². The monoisotopic (exact) mass is 312 g/mol. The van der Waals surface area contributed by atoms with E-state index in [-0.39, 0.29) is 18.3 Å². The topological polar surface area (TPSA) is 64.4 Å². The minimum Gasteiger partial charge on any atom is -0.493 e. The first-order valence-electron chi connectivity index (χ1n) is 7.33. The first kappa shape index (κ1) is 17.8. The lowest BCUT2D eigenvalue weighted by molar-refractivity contribution is -0.126. The van der Waals surface area contributed by atoms with E-state index in [4.69, 9.17) is 10.5 Å². The fourth-order valence-electron chi connectivity index (χ4n) is 2.68. The van der Waals surface area contributed by atoms with Gasteiger partial charge in [0.05, 0.1) is 12.1 Å². The van der Waals surface area contributed by atoms with Crippen LogP contribution in [0.25, 0.3) is 0 Å². The summed E-state index contributed by atoms with van der Waals surface area (Å²) >= 11 is 0. The number of amides is 1. The van der Waals surface area contributed by atoms with Gasteiger partial charge in [-0.15, -0.1) is 12.4 Å². The summed E-state index contributed by atoms with van der Waals surface area (Å²) in [6, 6.07) is 8.02. The fraction of sp³-hybridized carbons (Fsp3) is 0.562. The number of hydrogen-bond acceptors (Lipinski definition) is 3. The number of fused-ring (bicyclic) bond motifs is 1. The van der Waals surface area contributed by atoms with E-state index in [2.05, 4.69) is 11.4 Å². The summed E-state index contributed by atoms with van der Waals surface area (Å²) in [6.45, 7) is 5.15. The molecule has 4 nitrogen and oxygen atoms in total. The molecule has 1 amide bonds. The van der Waals surface area contributed by atoms with Gasteiger partial charge in [0.15, 0.2) is 0 Å². The largest absolute Gasteiger partial charge is 0.493 e. The van der Waals surface area contributed by atoms with Crippen molar-refractivity contribution in [2.45, 2.75) is 44.6 Å². The molecule has 0 spiro atoms. The van der Waals surface area contributed by atoms with Gasteiger partial charge < -0.3 is 15.8 Å². The average molecular weight is 313 g/mol. The molecule has 1 aromatic carbocycles. The molecule has 1 aromatic rings. The first-order chi connectivity index (χ1) is 9.54. The Morgan fingerprint density at radius 1 is 1.48 bits per heavy atom. The molecule has 21 heavy (non-hydrogen) atoms. The molecule has 0 saturated heterocycles. The van der Waals surface area contributed by atoms with Crippen LogP contribution in [-0.4, -0.2) is 24.6 Å². The van der Waals surface area contributed by atoms with E-state index in [0.717, 1.165) is 18.6 Å². The Bertz CT molecular complexity index is 477. The van der Waals surface area contributed by atoms with E-state index in [1.165, 1.54) is 5.56 Å². The van der Waals surface area contributed by atoms with E-state index in [1.807, 2.05) is 25.1 Å². The van der Waals surface area contributed by atoms with Crippen LogP contribution in [0.5, 0.6) is 5.75 Å². The van der Waals surface area contributed by atoms with Gasteiger partial charge in [0.1, 0.15) is 5.75 Å². The number of nitrogens with two attached hydrogens (primary N) is 1. The highest BCUT2D eigenvalue weighted by molar-refractivity contribution is 5.85. The minimum absolute atomic E-state index is 0. The SMILES string of the molecule is CCCC(C)(N)C(=O)NCC1CCOc2ccccc21.Cl. The third kappa shape index (κ3) is 4.35. The van der Waals surface area contributed by atoms with E-state index < -0.39 is 5.54 Å². The molecule has 3 N–H and O–H groups in total. The Kier molecular flexibility index (Phi) is 6.49. The maximum Gasteiger partial charge on any atom is 0.239 e. The summed E-state index contributed by atoms with van der Waals surface area (Å²) < 4.78 is 5.63. The maximum absolute atomic E-state index is 12.1. The number of hydrogen-bond donors (Lipinski definition) is 2. The number of nitrogens with one attached hydrogen (secondary N) is 1. The standard InChI is InChI=1S/C16H24N2O2.ClH/c1-3-9-16(2,17)15(19)18-11-12-8-10-20-14-7-5-4-6-13(12)14;/h4-7,12H,3,8-11,17H2,1-2H3,(H,18,19);1H. The maximum atomic E-state index is 12.1. The number of benzene rings is 1. The summed E-state index contributed by atoms with van der Waals surface area (Å²) in [7, 11) is 0. The normalized spacial score (nSPS) is 19.5. The second-order valence-electron chi connectivity index (χ2n) is 5.75. The van der Waals surface area contributed by atoms with E-state index in [1.54, 1.807) is 6.92 Å². The lowest BCUT2D eigenvalue weighted by Crippen LogP contribution is -2.52. The number of para-hydroxylation sites is 1. The second-order valence-corrected chi connectivity index (χ2v) is 5.75. The zero-order valence-electron chi connectivity index (χ0n) is 12.7. The van der Waals surface area contributed by atoms with E-state index >= 15 is 0 Å². The van der Waals surface area contributed by atoms with Gasteiger partial charge in [-0.3, -0.25) is 4.79 Å². The first-order valence-corrected chi connectivity index (χ1v) is 7.33. The van der Waals surface area contributed by atoms with Crippen molar-refractivity contribution in [3.8, 4) is 5.75 Å². The number of carbonyl (C=O) groups excluding carboxylic acids is 1. The molecule has 0 fully saturated rings. The van der Waals surface area contributed by atoms with Crippen molar-refractivity contribution in [1.29, 1.82) is 0 Å². The van der Waals surface area contributed by atoms with Crippen LogP contribution in [0.15, 0.2) is 24.3 Å². The third-order valence-electron chi connectivity index (χ3n) is 3.88. The predicted octanol–water partition coefficient (Wildman–Crippen LogP) is 2.61. The van der Waals surface area contributed by atoms with Gasteiger partial charge in [-0.05, 0) is 31.4 Å². The van der Waals surface area contributed by atoms with Gasteiger partial charge in [-0.25, -0.2) is 0 Å². The molecule has 0 aromatic heterocycles. The zero-order valence-corrected chi connectivity index (χ0v) is 13.5. The number of carbonyl (C=O) groups is 1. The molecule has 118 valence electrons. The third-order valence-corrected chi connectivity index (χ3v) is 3.88. The summed E-state index contributed by atoms with van der Waals surface area (Å²) in [5.41, 5.74) is 6.44. The highest BCUT2D eigenvalue weighted by atomic mass is 35.5. The molecule has 1 aliphatic rings. The zero-order chi connectivity index (χ0) is 14.6. The fourth-order valence-corrected chi connectivity index (χ4v) is 2.68. The van der Waals surface area contributed by atoms with Crippen molar-refractivity contribution in [3.63, 3.8) is 0 Å². The van der Waals surface area contributed by atoms with Crippen molar-refractivity contribution >= 4 is 18.3 Å². The Morgan fingerprint density at radius 3 is 2.90 bits per heavy atom. The Morgan fingerprint density at radius 2 is 2.19 bits per heavy atom. The smallest absolute Gasteiger partial charge is 0.239 e. The van der Waals surface area contributed by atoms with Crippen molar-refractivity contribution in [3.05, 3.63) is 29.8 Å². The Labute approximate surface area is 132 Å². The van der Waals surface area contributed by atoms with Gasteiger partial charge in [0.25, 0.3) is 0 Å². The van der Waals surface area contributed by atoms with Gasteiger partial charge in [-0.2, -0.15) is 0 Å². The Balaban J connectivity index is 0.00000220. The van der Waals surface area contributed by atoms with Gasteiger partial charge in [0, 0.05) is 12.5 Å². The molecule has 0 bridgehead atoms. The Hall–Kier alpha value is -1.26. The van der Waals surface area contributed by atoms with E-state index in [0.29, 0.717) is 25.5 Å². The molecule has 0 radical (unpaired) electrons. The second kappa shape index (κ2) is 7.66. The van der Waals surface area contributed by atoms with Crippen LogP contribution in [0.3, 0.4) is 0 Å². The number of halogens is 1. The molecule has 0 aliphatic carbocycles. The van der Waals surface area contributed by atoms with Gasteiger partial charge >= 0.3 is 0 Å². The minimum atomic E-state index is -0.778. The highest BCUT2D eigenvalue weighted by Crippen LogP contribution is 2.32. The molecular weight excluding hydrogens is 288 g/mol. The molecule has 2 unspecified atom stereocenters.